The molecule has 1 aliphatic rings. The standard InChI is InChI=1S/C24H25N5OS/c1-17-8-7-9-18(14-17)29-23(20-15-25-21-11-4-3-10-19(20)21)26-27-24(29)31-16-22(30)28-12-5-2-6-13-28/h3-4,7-11,14-15,25H,2,5-6,12-13,16H2,1H3. The van der Waals surface area contributed by atoms with Crippen LogP contribution in [0.2, 0.25) is 0 Å². The minimum atomic E-state index is 0.178. The van der Waals surface area contributed by atoms with Gasteiger partial charge >= 0.3 is 0 Å². The molecule has 0 saturated carbocycles. The second kappa shape index (κ2) is 8.59. The average molecular weight is 432 g/mol. The Bertz CT molecular complexity index is 1220. The summed E-state index contributed by atoms with van der Waals surface area (Å²) in [4.78, 5) is 18.0. The molecule has 1 N–H and O–H groups in total. The van der Waals surface area contributed by atoms with E-state index >= 15 is 0 Å². The molecule has 0 spiro atoms. The smallest absolute Gasteiger partial charge is 0.233 e. The number of likely N-dealkylation sites (tertiary alicyclic amines) is 1. The van der Waals surface area contributed by atoms with Crippen LogP contribution in [0.15, 0.2) is 59.9 Å². The fraction of sp³-hybridized carbons (Fsp3) is 0.292. The normalized spacial score (nSPS) is 14.3. The van der Waals surface area contributed by atoms with Crippen molar-refractivity contribution in [3.8, 4) is 17.1 Å². The number of rotatable bonds is 5. The molecular formula is C24H25N5OS. The molecule has 158 valence electrons. The fourth-order valence-electron chi connectivity index (χ4n) is 4.16. The first-order valence-corrected chi connectivity index (χ1v) is 11.7. The third kappa shape index (κ3) is 3.97. The number of amides is 1. The largest absolute Gasteiger partial charge is 0.360 e. The van der Waals surface area contributed by atoms with Crippen LogP contribution in [0.25, 0.3) is 28.0 Å². The van der Waals surface area contributed by atoms with E-state index in [2.05, 4.69) is 57.0 Å². The molecule has 3 heterocycles. The van der Waals surface area contributed by atoms with Crippen molar-refractivity contribution in [1.82, 2.24) is 24.6 Å². The first kappa shape index (κ1) is 19.9. The number of nitrogens with zero attached hydrogens (tertiary/aromatic N) is 4. The topological polar surface area (TPSA) is 66.8 Å². The second-order valence-corrected chi connectivity index (χ2v) is 8.90. The van der Waals surface area contributed by atoms with Crippen molar-refractivity contribution in [2.24, 2.45) is 0 Å². The maximum absolute atomic E-state index is 12.7. The molecular weight excluding hydrogens is 406 g/mol. The lowest BCUT2D eigenvalue weighted by molar-refractivity contribution is -0.129. The number of carbonyl (C=O) groups excluding carboxylic acids is 1. The first-order valence-electron chi connectivity index (χ1n) is 10.7. The lowest BCUT2D eigenvalue weighted by Crippen LogP contribution is -2.36. The number of carbonyl (C=O) groups is 1. The van der Waals surface area contributed by atoms with Gasteiger partial charge in [0.05, 0.1) is 5.75 Å². The molecule has 7 heteroatoms. The van der Waals surface area contributed by atoms with Gasteiger partial charge in [0, 0.05) is 41.4 Å². The minimum Gasteiger partial charge on any atom is -0.360 e. The number of hydrogen-bond donors (Lipinski definition) is 1. The number of aromatic amines is 1. The Labute approximate surface area is 185 Å². The highest BCUT2D eigenvalue weighted by Gasteiger charge is 2.22. The number of aryl methyl sites for hydroxylation is 1. The molecule has 2 aromatic carbocycles. The van der Waals surface area contributed by atoms with Crippen LogP contribution in [0.1, 0.15) is 24.8 Å². The Morgan fingerprint density at radius 1 is 1.06 bits per heavy atom. The Kier molecular flexibility index (Phi) is 5.51. The van der Waals surface area contributed by atoms with Gasteiger partial charge in [0.25, 0.3) is 0 Å². The monoisotopic (exact) mass is 431 g/mol. The lowest BCUT2D eigenvalue weighted by atomic mass is 10.1. The summed E-state index contributed by atoms with van der Waals surface area (Å²) in [6, 6.07) is 16.5. The van der Waals surface area contributed by atoms with Crippen LogP contribution < -0.4 is 0 Å². The van der Waals surface area contributed by atoms with Crippen LogP contribution in [0.4, 0.5) is 0 Å². The highest BCUT2D eigenvalue weighted by atomic mass is 32.2. The summed E-state index contributed by atoms with van der Waals surface area (Å²) in [7, 11) is 0. The van der Waals surface area contributed by atoms with Gasteiger partial charge in [-0.05, 0) is 49.9 Å². The molecule has 1 aliphatic heterocycles. The molecule has 0 radical (unpaired) electrons. The zero-order valence-electron chi connectivity index (χ0n) is 17.5. The Morgan fingerprint density at radius 3 is 2.74 bits per heavy atom. The predicted octanol–water partition coefficient (Wildman–Crippen LogP) is 4.83. The van der Waals surface area contributed by atoms with Gasteiger partial charge in [-0.3, -0.25) is 9.36 Å². The third-order valence-electron chi connectivity index (χ3n) is 5.76. The first-order chi connectivity index (χ1) is 15.2. The molecule has 0 bridgehead atoms. The molecule has 0 atom stereocenters. The quantitative estimate of drug-likeness (QED) is 0.460. The van der Waals surface area contributed by atoms with Crippen LogP contribution in [0, 0.1) is 6.92 Å². The predicted molar refractivity (Wildman–Crippen MR) is 125 cm³/mol. The number of thioether (sulfide) groups is 1. The van der Waals surface area contributed by atoms with Crippen LogP contribution in [0.3, 0.4) is 0 Å². The van der Waals surface area contributed by atoms with Gasteiger partial charge in [0.15, 0.2) is 11.0 Å². The molecule has 4 aromatic rings. The van der Waals surface area contributed by atoms with Crippen molar-refractivity contribution in [2.75, 3.05) is 18.8 Å². The van der Waals surface area contributed by atoms with E-state index in [1.165, 1.54) is 18.2 Å². The van der Waals surface area contributed by atoms with Gasteiger partial charge in [-0.2, -0.15) is 0 Å². The number of benzene rings is 2. The maximum Gasteiger partial charge on any atom is 0.233 e. The van der Waals surface area contributed by atoms with Gasteiger partial charge in [-0.15, -0.1) is 10.2 Å². The second-order valence-electron chi connectivity index (χ2n) is 7.96. The summed E-state index contributed by atoms with van der Waals surface area (Å²) < 4.78 is 2.07. The average Bonchev–Trinajstić information content (AvgIpc) is 3.42. The highest BCUT2D eigenvalue weighted by Crippen LogP contribution is 2.32. The van der Waals surface area contributed by atoms with Crippen molar-refractivity contribution in [2.45, 2.75) is 31.3 Å². The lowest BCUT2D eigenvalue weighted by Gasteiger charge is -2.26. The number of nitrogens with one attached hydrogen (secondary N) is 1. The highest BCUT2D eigenvalue weighted by molar-refractivity contribution is 7.99. The summed E-state index contributed by atoms with van der Waals surface area (Å²) >= 11 is 1.46. The molecule has 1 amide bonds. The molecule has 6 nitrogen and oxygen atoms in total. The van der Waals surface area contributed by atoms with Crippen molar-refractivity contribution in [3.05, 3.63) is 60.3 Å². The molecule has 2 aromatic heterocycles. The van der Waals surface area contributed by atoms with Gasteiger partial charge in [-0.25, -0.2) is 0 Å². The maximum atomic E-state index is 12.7. The molecule has 0 aliphatic carbocycles. The van der Waals surface area contributed by atoms with E-state index in [-0.39, 0.29) is 5.91 Å². The SMILES string of the molecule is Cc1cccc(-n2c(SCC(=O)N3CCCCC3)nnc2-c2c[nH]c3ccccc23)c1. The Morgan fingerprint density at radius 2 is 1.90 bits per heavy atom. The zero-order chi connectivity index (χ0) is 21.2. The number of aromatic nitrogens is 4. The minimum absolute atomic E-state index is 0.178. The number of hydrogen-bond acceptors (Lipinski definition) is 4. The van der Waals surface area contributed by atoms with Gasteiger partial charge < -0.3 is 9.88 Å². The van der Waals surface area contributed by atoms with Gasteiger partial charge in [0.1, 0.15) is 0 Å². The van der Waals surface area contributed by atoms with E-state index < -0.39 is 0 Å². The van der Waals surface area contributed by atoms with E-state index in [0.29, 0.717) is 5.75 Å². The number of para-hydroxylation sites is 1. The molecule has 1 saturated heterocycles. The van der Waals surface area contributed by atoms with E-state index in [1.807, 2.05) is 29.3 Å². The van der Waals surface area contributed by atoms with E-state index in [9.17, 15) is 4.79 Å². The molecule has 31 heavy (non-hydrogen) atoms. The number of H-pyrrole nitrogens is 1. The molecule has 5 rings (SSSR count). The van der Waals surface area contributed by atoms with E-state index in [4.69, 9.17) is 0 Å². The van der Waals surface area contributed by atoms with Gasteiger partial charge in [0.2, 0.25) is 5.91 Å². The molecule has 0 unspecified atom stereocenters. The van der Waals surface area contributed by atoms with Crippen molar-refractivity contribution < 1.29 is 4.79 Å². The molecule has 1 fully saturated rings. The Balaban J connectivity index is 1.52. The van der Waals surface area contributed by atoms with Crippen LogP contribution in [0.5, 0.6) is 0 Å². The summed E-state index contributed by atoms with van der Waals surface area (Å²) in [5, 5.41) is 10.9. The van der Waals surface area contributed by atoms with Crippen LogP contribution in [-0.4, -0.2) is 49.4 Å². The van der Waals surface area contributed by atoms with Crippen LogP contribution >= 0.6 is 11.8 Å². The van der Waals surface area contributed by atoms with E-state index in [0.717, 1.165) is 64.6 Å². The summed E-state index contributed by atoms with van der Waals surface area (Å²) in [5.74, 6) is 1.32. The zero-order valence-corrected chi connectivity index (χ0v) is 18.4. The van der Waals surface area contributed by atoms with Crippen molar-refractivity contribution in [3.63, 3.8) is 0 Å². The summed E-state index contributed by atoms with van der Waals surface area (Å²) in [6.45, 7) is 3.81. The summed E-state index contributed by atoms with van der Waals surface area (Å²) in [5.41, 5.74) is 4.22. The van der Waals surface area contributed by atoms with E-state index in [1.54, 1.807) is 0 Å². The Hall–Kier alpha value is -3.06. The summed E-state index contributed by atoms with van der Waals surface area (Å²) in [6.07, 6.45) is 5.39. The number of fused-ring (bicyclic) bond motifs is 1. The number of piperidine rings is 1. The van der Waals surface area contributed by atoms with Crippen LogP contribution in [-0.2, 0) is 4.79 Å². The van der Waals surface area contributed by atoms with Gasteiger partial charge in [-0.1, -0.05) is 42.1 Å². The third-order valence-corrected chi connectivity index (χ3v) is 6.67. The van der Waals surface area contributed by atoms with Crippen molar-refractivity contribution in [1.29, 1.82) is 0 Å². The fourth-order valence-corrected chi connectivity index (χ4v) is 5.01. The van der Waals surface area contributed by atoms with Crippen molar-refractivity contribution >= 4 is 28.6 Å².